The average Bonchev–Trinajstić information content (AvgIpc) is 2.77. The van der Waals surface area contributed by atoms with Gasteiger partial charge >= 0.3 is 0 Å². The van der Waals surface area contributed by atoms with E-state index < -0.39 is 0 Å². The molecule has 1 aromatic heterocycles. The van der Waals surface area contributed by atoms with Gasteiger partial charge in [0.1, 0.15) is 0 Å². The van der Waals surface area contributed by atoms with Gasteiger partial charge in [-0.1, -0.05) is 13.3 Å². The molecule has 1 heterocycles. The van der Waals surface area contributed by atoms with Gasteiger partial charge in [0.15, 0.2) is 0 Å². The fourth-order valence-electron chi connectivity index (χ4n) is 2.47. The lowest BCUT2D eigenvalue weighted by Crippen LogP contribution is -2.22. The lowest BCUT2D eigenvalue weighted by atomic mass is 10.1. The molecule has 0 amide bonds. The molecule has 1 aromatic rings. The molecular weight excluding hydrogens is 186 g/mol. The fraction of sp³-hybridized carbons (Fsp3) is 0.750. The van der Waals surface area contributed by atoms with Gasteiger partial charge in [-0.15, -0.1) is 0 Å². The molecule has 1 aliphatic carbocycles. The van der Waals surface area contributed by atoms with Crippen LogP contribution in [-0.4, -0.2) is 16.1 Å². The Labute approximate surface area is 91.9 Å². The van der Waals surface area contributed by atoms with Crippen LogP contribution in [0.2, 0.25) is 0 Å². The molecule has 1 aliphatic rings. The molecule has 2 unspecified atom stereocenters. The number of nitrogens with one attached hydrogen (secondary N) is 1. The zero-order chi connectivity index (χ0) is 10.7. The Bertz CT molecular complexity index is 306. The van der Waals surface area contributed by atoms with Crippen molar-refractivity contribution in [2.75, 3.05) is 6.54 Å². The van der Waals surface area contributed by atoms with E-state index >= 15 is 0 Å². The largest absolute Gasteiger partial charge is 0.337 e. The van der Waals surface area contributed by atoms with Crippen LogP contribution in [-0.2, 0) is 13.6 Å². The third-order valence-electron chi connectivity index (χ3n) is 3.46. The van der Waals surface area contributed by atoms with Crippen LogP contribution in [0.5, 0.6) is 0 Å². The molecule has 2 atom stereocenters. The zero-order valence-corrected chi connectivity index (χ0v) is 9.74. The van der Waals surface area contributed by atoms with E-state index in [0.717, 1.165) is 24.9 Å². The van der Waals surface area contributed by atoms with Gasteiger partial charge in [0.05, 0.1) is 12.0 Å². The molecular formula is C12H21N3. The Morgan fingerprint density at radius 3 is 3.00 bits per heavy atom. The summed E-state index contributed by atoms with van der Waals surface area (Å²) in [5, 5.41) is 3.53. The number of aromatic nitrogens is 2. The Morgan fingerprint density at radius 1 is 1.53 bits per heavy atom. The number of rotatable bonds is 4. The first-order chi connectivity index (χ1) is 7.25. The van der Waals surface area contributed by atoms with Gasteiger partial charge in [0.2, 0.25) is 0 Å². The molecule has 1 N–H and O–H groups in total. The molecule has 0 saturated heterocycles. The number of nitrogens with zero attached hydrogens (tertiary/aromatic N) is 2. The first-order valence-electron chi connectivity index (χ1n) is 5.91. The van der Waals surface area contributed by atoms with Crippen LogP contribution in [0.15, 0.2) is 12.5 Å². The highest BCUT2D eigenvalue weighted by Crippen LogP contribution is 2.29. The normalized spacial score (nSPS) is 26.0. The van der Waals surface area contributed by atoms with Crippen molar-refractivity contribution in [1.29, 1.82) is 0 Å². The summed E-state index contributed by atoms with van der Waals surface area (Å²) in [6.45, 7) is 4.47. The van der Waals surface area contributed by atoms with Crippen molar-refractivity contribution < 1.29 is 0 Å². The van der Waals surface area contributed by atoms with Crippen molar-refractivity contribution in [3.8, 4) is 0 Å². The first-order valence-corrected chi connectivity index (χ1v) is 5.91. The summed E-state index contributed by atoms with van der Waals surface area (Å²) in [6.07, 6.45) is 8.01. The molecule has 2 rings (SSSR count). The molecule has 0 aliphatic heterocycles. The fourth-order valence-corrected chi connectivity index (χ4v) is 2.47. The summed E-state index contributed by atoms with van der Waals surface area (Å²) in [7, 11) is 2.04. The summed E-state index contributed by atoms with van der Waals surface area (Å²) in [5.41, 5.74) is 1.26. The van der Waals surface area contributed by atoms with Crippen molar-refractivity contribution >= 4 is 0 Å². The van der Waals surface area contributed by atoms with Gasteiger partial charge in [-0.05, 0) is 31.2 Å². The average molecular weight is 207 g/mol. The smallest absolute Gasteiger partial charge is 0.0945 e. The maximum absolute atomic E-state index is 4.11. The standard InChI is InChI=1S/C12H21N3/c1-10-3-4-11(5-10)6-13-7-12-8-14-9-15(12)2/h8-11,13H,3-7H2,1-2H3. The summed E-state index contributed by atoms with van der Waals surface area (Å²) >= 11 is 0. The second-order valence-electron chi connectivity index (χ2n) is 4.91. The molecule has 0 aromatic carbocycles. The van der Waals surface area contributed by atoms with Gasteiger partial charge in [-0.3, -0.25) is 0 Å². The van der Waals surface area contributed by atoms with Crippen LogP contribution in [0, 0.1) is 11.8 Å². The highest BCUT2D eigenvalue weighted by molar-refractivity contribution is 4.96. The molecule has 0 radical (unpaired) electrons. The maximum atomic E-state index is 4.11. The van der Waals surface area contributed by atoms with Crippen molar-refractivity contribution in [2.45, 2.75) is 32.7 Å². The molecule has 15 heavy (non-hydrogen) atoms. The topological polar surface area (TPSA) is 29.9 Å². The van der Waals surface area contributed by atoms with Gasteiger partial charge in [0, 0.05) is 19.8 Å². The van der Waals surface area contributed by atoms with Crippen LogP contribution in [0.1, 0.15) is 31.9 Å². The highest BCUT2D eigenvalue weighted by Gasteiger charge is 2.20. The van der Waals surface area contributed by atoms with Crippen molar-refractivity contribution in [3.63, 3.8) is 0 Å². The van der Waals surface area contributed by atoms with E-state index in [9.17, 15) is 0 Å². The van der Waals surface area contributed by atoms with Gasteiger partial charge < -0.3 is 9.88 Å². The second kappa shape index (κ2) is 4.79. The Kier molecular flexibility index (Phi) is 3.41. The molecule has 3 heteroatoms. The van der Waals surface area contributed by atoms with Crippen LogP contribution in [0.4, 0.5) is 0 Å². The first kappa shape index (κ1) is 10.7. The molecule has 1 saturated carbocycles. The van der Waals surface area contributed by atoms with Gasteiger partial charge in [-0.2, -0.15) is 0 Å². The van der Waals surface area contributed by atoms with Crippen LogP contribution >= 0.6 is 0 Å². The predicted molar refractivity (Wildman–Crippen MR) is 61.4 cm³/mol. The third-order valence-corrected chi connectivity index (χ3v) is 3.46. The van der Waals surface area contributed by atoms with Crippen LogP contribution < -0.4 is 5.32 Å². The summed E-state index contributed by atoms with van der Waals surface area (Å²) in [5.74, 6) is 1.83. The van der Waals surface area contributed by atoms with Gasteiger partial charge in [0.25, 0.3) is 0 Å². The van der Waals surface area contributed by atoms with E-state index in [0.29, 0.717) is 0 Å². The monoisotopic (exact) mass is 207 g/mol. The van der Waals surface area contributed by atoms with E-state index in [1.165, 1.54) is 25.0 Å². The van der Waals surface area contributed by atoms with Crippen molar-refractivity contribution in [1.82, 2.24) is 14.9 Å². The SMILES string of the molecule is CC1CCC(CNCc2cncn2C)C1. The third kappa shape index (κ3) is 2.81. The Morgan fingerprint density at radius 2 is 2.40 bits per heavy atom. The minimum Gasteiger partial charge on any atom is -0.337 e. The van der Waals surface area contributed by atoms with E-state index in [2.05, 4.69) is 21.8 Å². The molecule has 3 nitrogen and oxygen atoms in total. The highest BCUT2D eigenvalue weighted by atomic mass is 15.0. The lowest BCUT2D eigenvalue weighted by Gasteiger charge is -2.11. The zero-order valence-electron chi connectivity index (χ0n) is 9.74. The second-order valence-corrected chi connectivity index (χ2v) is 4.91. The lowest BCUT2D eigenvalue weighted by molar-refractivity contribution is 0.466. The Balaban J connectivity index is 1.69. The van der Waals surface area contributed by atoms with E-state index in [4.69, 9.17) is 0 Å². The summed E-state index contributed by atoms with van der Waals surface area (Å²) in [6, 6.07) is 0. The molecule has 0 bridgehead atoms. The quantitative estimate of drug-likeness (QED) is 0.817. The van der Waals surface area contributed by atoms with Crippen LogP contribution in [0.25, 0.3) is 0 Å². The number of aryl methyl sites for hydroxylation is 1. The summed E-state index contributed by atoms with van der Waals surface area (Å²) in [4.78, 5) is 4.11. The number of hydrogen-bond donors (Lipinski definition) is 1. The minimum absolute atomic E-state index is 0.897. The maximum Gasteiger partial charge on any atom is 0.0945 e. The van der Waals surface area contributed by atoms with Crippen molar-refractivity contribution in [3.05, 3.63) is 18.2 Å². The molecule has 0 spiro atoms. The predicted octanol–water partition coefficient (Wildman–Crippen LogP) is 1.95. The van der Waals surface area contributed by atoms with Gasteiger partial charge in [-0.25, -0.2) is 4.98 Å². The summed E-state index contributed by atoms with van der Waals surface area (Å²) < 4.78 is 2.07. The molecule has 84 valence electrons. The molecule has 1 fully saturated rings. The van der Waals surface area contributed by atoms with E-state index in [-0.39, 0.29) is 0 Å². The number of hydrogen-bond acceptors (Lipinski definition) is 2. The Hall–Kier alpha value is -0.830. The van der Waals surface area contributed by atoms with Crippen molar-refractivity contribution in [2.24, 2.45) is 18.9 Å². The van der Waals surface area contributed by atoms with E-state index in [1.54, 1.807) is 0 Å². The minimum atomic E-state index is 0.897. The number of imidazole rings is 1. The van der Waals surface area contributed by atoms with Crippen LogP contribution in [0.3, 0.4) is 0 Å². The van der Waals surface area contributed by atoms with E-state index in [1.807, 2.05) is 19.6 Å².